The second-order valence-corrected chi connectivity index (χ2v) is 10.4. The summed E-state index contributed by atoms with van der Waals surface area (Å²) in [4.78, 5) is 29.9. The van der Waals surface area contributed by atoms with Crippen LogP contribution < -0.4 is 5.32 Å². The normalized spacial score (nSPS) is 25.4. The topological polar surface area (TPSA) is 67.5 Å². The van der Waals surface area contributed by atoms with E-state index in [0.717, 1.165) is 62.8 Å². The van der Waals surface area contributed by atoms with Gasteiger partial charge in [-0.2, -0.15) is 0 Å². The zero-order chi connectivity index (χ0) is 22.8. The Balaban J connectivity index is 1.51. The highest BCUT2D eigenvalue weighted by Gasteiger charge is 2.50. The van der Waals surface area contributed by atoms with Gasteiger partial charge in [-0.05, 0) is 56.9 Å². The number of rotatable bonds is 4. The molecule has 2 saturated carbocycles. The lowest BCUT2D eigenvalue weighted by atomic mass is 9.89. The first-order valence-electron chi connectivity index (χ1n) is 13.0. The molecule has 2 fully saturated rings. The monoisotopic (exact) mass is 451 g/mol. The van der Waals surface area contributed by atoms with E-state index in [2.05, 4.69) is 5.32 Å². The maximum Gasteiger partial charge on any atom is 0.271 e. The molecular formula is C27H37N3O3. The number of carbonyl (C=O) groups excluding carboxylic acids is 2. The summed E-state index contributed by atoms with van der Waals surface area (Å²) < 4.78 is 7.66. The lowest BCUT2D eigenvalue weighted by Crippen LogP contribution is -2.67. The van der Waals surface area contributed by atoms with Gasteiger partial charge in [0.05, 0.1) is 18.5 Å². The number of furan rings is 1. The van der Waals surface area contributed by atoms with Crippen LogP contribution in [-0.4, -0.2) is 38.9 Å². The molecule has 1 aliphatic heterocycles. The third-order valence-electron chi connectivity index (χ3n) is 8.06. The molecule has 2 amide bonds. The molecule has 3 aliphatic rings. The van der Waals surface area contributed by atoms with Gasteiger partial charge in [0.1, 0.15) is 17.0 Å². The van der Waals surface area contributed by atoms with Crippen molar-refractivity contribution >= 4 is 11.8 Å². The van der Waals surface area contributed by atoms with Gasteiger partial charge >= 0.3 is 0 Å². The Kier molecular flexibility index (Phi) is 6.35. The van der Waals surface area contributed by atoms with Crippen LogP contribution in [0.2, 0.25) is 0 Å². The largest absolute Gasteiger partial charge is 0.463 e. The first-order valence-corrected chi connectivity index (χ1v) is 13.0. The van der Waals surface area contributed by atoms with Crippen molar-refractivity contribution in [3.05, 3.63) is 36.2 Å². The first kappa shape index (κ1) is 22.3. The second kappa shape index (κ2) is 9.40. The van der Waals surface area contributed by atoms with E-state index in [0.29, 0.717) is 12.2 Å². The molecular weight excluding hydrogens is 414 g/mol. The molecule has 0 aromatic carbocycles. The fraction of sp³-hybridized carbons (Fsp3) is 0.630. The highest BCUT2D eigenvalue weighted by molar-refractivity contribution is 6.00. The molecule has 3 heterocycles. The van der Waals surface area contributed by atoms with E-state index in [-0.39, 0.29) is 23.9 Å². The Morgan fingerprint density at radius 2 is 1.58 bits per heavy atom. The van der Waals surface area contributed by atoms with Crippen LogP contribution in [0.4, 0.5) is 0 Å². The molecule has 0 spiro atoms. The predicted octanol–water partition coefficient (Wildman–Crippen LogP) is 5.52. The van der Waals surface area contributed by atoms with Crippen molar-refractivity contribution in [1.29, 1.82) is 0 Å². The standard InChI is InChI=1S/C27H37N3O3/c1-27(26(32)28-20-11-6-2-3-7-12-20)19-29-22(24-15-10-18-33-24)16-17-23(29)25(31)30(27)21-13-8-4-5-9-14-21/h10,15-18,20-21H,2-9,11-14,19H2,1H3,(H,28,32)/t27-/m0/s1. The van der Waals surface area contributed by atoms with E-state index < -0.39 is 5.54 Å². The van der Waals surface area contributed by atoms with Gasteiger partial charge in [0, 0.05) is 12.1 Å². The smallest absolute Gasteiger partial charge is 0.271 e. The van der Waals surface area contributed by atoms with Gasteiger partial charge < -0.3 is 19.2 Å². The quantitative estimate of drug-likeness (QED) is 0.622. The third-order valence-corrected chi connectivity index (χ3v) is 8.06. The van der Waals surface area contributed by atoms with Crippen molar-refractivity contribution in [1.82, 2.24) is 14.8 Å². The molecule has 2 aromatic heterocycles. The van der Waals surface area contributed by atoms with Crippen molar-refractivity contribution in [2.45, 2.75) is 108 Å². The molecule has 6 heteroatoms. The van der Waals surface area contributed by atoms with E-state index in [1.165, 1.54) is 25.7 Å². The Morgan fingerprint density at radius 1 is 0.939 bits per heavy atom. The van der Waals surface area contributed by atoms with Gasteiger partial charge in [-0.15, -0.1) is 0 Å². The molecule has 6 nitrogen and oxygen atoms in total. The summed E-state index contributed by atoms with van der Waals surface area (Å²) in [5.74, 6) is 0.699. The predicted molar refractivity (Wildman–Crippen MR) is 128 cm³/mol. The molecule has 0 saturated heterocycles. The van der Waals surface area contributed by atoms with E-state index >= 15 is 0 Å². The van der Waals surface area contributed by atoms with Gasteiger partial charge in [0.15, 0.2) is 0 Å². The van der Waals surface area contributed by atoms with Gasteiger partial charge in [-0.25, -0.2) is 0 Å². The van der Waals surface area contributed by atoms with Crippen LogP contribution in [0, 0.1) is 0 Å². The zero-order valence-electron chi connectivity index (χ0n) is 19.9. The Morgan fingerprint density at radius 3 is 2.21 bits per heavy atom. The maximum atomic E-state index is 14.0. The molecule has 1 N–H and O–H groups in total. The van der Waals surface area contributed by atoms with Crippen LogP contribution in [0.25, 0.3) is 11.5 Å². The average molecular weight is 452 g/mol. The summed E-state index contributed by atoms with van der Waals surface area (Å²) in [5.41, 5.74) is 0.592. The minimum atomic E-state index is -0.925. The van der Waals surface area contributed by atoms with E-state index in [9.17, 15) is 9.59 Å². The SMILES string of the molecule is C[C@@]1(C(=O)NC2CCCCCC2)Cn2c(ccc2-c2ccco2)C(=O)N1C1CCCCCC1. The highest BCUT2D eigenvalue weighted by atomic mass is 16.3. The summed E-state index contributed by atoms with van der Waals surface area (Å²) in [6.07, 6.45) is 15.1. The van der Waals surface area contributed by atoms with Crippen LogP contribution >= 0.6 is 0 Å². The zero-order valence-corrected chi connectivity index (χ0v) is 19.9. The Hall–Kier alpha value is -2.50. The molecule has 33 heavy (non-hydrogen) atoms. The van der Waals surface area contributed by atoms with Crippen molar-refractivity contribution in [2.75, 3.05) is 0 Å². The lowest BCUT2D eigenvalue weighted by molar-refractivity contribution is -0.135. The molecule has 178 valence electrons. The fourth-order valence-electron chi connectivity index (χ4n) is 6.23. The summed E-state index contributed by atoms with van der Waals surface area (Å²) in [7, 11) is 0. The maximum absolute atomic E-state index is 14.0. The molecule has 2 aromatic rings. The van der Waals surface area contributed by atoms with Crippen LogP contribution in [0.5, 0.6) is 0 Å². The molecule has 2 aliphatic carbocycles. The van der Waals surface area contributed by atoms with Gasteiger partial charge in [-0.1, -0.05) is 51.4 Å². The van der Waals surface area contributed by atoms with Gasteiger partial charge in [-0.3, -0.25) is 9.59 Å². The molecule has 5 rings (SSSR count). The second-order valence-electron chi connectivity index (χ2n) is 10.4. The van der Waals surface area contributed by atoms with Gasteiger partial charge in [0.25, 0.3) is 5.91 Å². The Labute approximate surface area is 196 Å². The summed E-state index contributed by atoms with van der Waals surface area (Å²) >= 11 is 0. The molecule has 1 atom stereocenters. The number of nitrogens with zero attached hydrogens (tertiary/aromatic N) is 2. The number of hydrogen-bond acceptors (Lipinski definition) is 3. The first-order chi connectivity index (χ1) is 16.1. The average Bonchev–Trinajstić information content (AvgIpc) is 3.30. The van der Waals surface area contributed by atoms with E-state index in [4.69, 9.17) is 4.42 Å². The number of nitrogens with one attached hydrogen (secondary N) is 1. The van der Waals surface area contributed by atoms with E-state index in [1.54, 1.807) is 6.26 Å². The van der Waals surface area contributed by atoms with Crippen molar-refractivity contribution < 1.29 is 14.0 Å². The van der Waals surface area contributed by atoms with Crippen LogP contribution in [0.3, 0.4) is 0 Å². The van der Waals surface area contributed by atoms with Crippen LogP contribution in [0.15, 0.2) is 34.9 Å². The minimum absolute atomic E-state index is 0.00302. The summed E-state index contributed by atoms with van der Waals surface area (Å²) in [5, 5.41) is 3.38. The molecule has 0 unspecified atom stereocenters. The highest BCUT2D eigenvalue weighted by Crippen LogP contribution is 2.37. The minimum Gasteiger partial charge on any atom is -0.463 e. The van der Waals surface area contributed by atoms with Crippen molar-refractivity contribution in [3.63, 3.8) is 0 Å². The number of carbonyl (C=O) groups is 2. The number of amides is 2. The summed E-state index contributed by atoms with van der Waals surface area (Å²) in [6.45, 7) is 2.43. The van der Waals surface area contributed by atoms with Crippen molar-refractivity contribution in [2.24, 2.45) is 0 Å². The number of fused-ring (bicyclic) bond motifs is 1. The number of hydrogen-bond donors (Lipinski definition) is 1. The van der Waals surface area contributed by atoms with Crippen LogP contribution in [0.1, 0.15) is 94.5 Å². The molecule has 0 bridgehead atoms. The third kappa shape index (κ3) is 4.24. The fourth-order valence-corrected chi connectivity index (χ4v) is 6.23. The Bertz CT molecular complexity index is 963. The number of aromatic nitrogens is 1. The van der Waals surface area contributed by atoms with Crippen molar-refractivity contribution in [3.8, 4) is 11.5 Å². The lowest BCUT2D eigenvalue weighted by Gasteiger charge is -2.48. The molecule has 0 radical (unpaired) electrons. The summed E-state index contributed by atoms with van der Waals surface area (Å²) in [6, 6.07) is 7.93. The van der Waals surface area contributed by atoms with Gasteiger partial charge in [0.2, 0.25) is 5.91 Å². The van der Waals surface area contributed by atoms with Crippen LogP contribution in [-0.2, 0) is 11.3 Å². The van der Waals surface area contributed by atoms with E-state index in [1.807, 2.05) is 40.7 Å².